The number of nitrogens with zero attached hydrogens (tertiary/aromatic N) is 2. The summed E-state index contributed by atoms with van der Waals surface area (Å²) in [6.45, 7) is 0. The van der Waals surface area contributed by atoms with Crippen molar-refractivity contribution in [2.45, 2.75) is 6.18 Å². The molecule has 5 nitrogen and oxygen atoms in total. The van der Waals surface area contributed by atoms with Crippen LogP contribution in [0.4, 0.5) is 18.9 Å². The van der Waals surface area contributed by atoms with Crippen molar-refractivity contribution in [3.8, 4) is 11.3 Å². The molecule has 1 aromatic carbocycles. The van der Waals surface area contributed by atoms with Crippen LogP contribution in [-0.4, -0.2) is 21.4 Å². The Hall–Kier alpha value is -3.00. The van der Waals surface area contributed by atoms with E-state index in [0.717, 1.165) is 6.20 Å². The van der Waals surface area contributed by atoms with Crippen LogP contribution in [0.25, 0.3) is 27.7 Å². The summed E-state index contributed by atoms with van der Waals surface area (Å²) in [4.78, 5) is 18.2. The predicted octanol–water partition coefficient (Wildman–Crippen LogP) is 4.56. The smallest absolute Gasteiger partial charge is 0.385 e. The largest absolute Gasteiger partial charge is 0.434 e. The predicted molar refractivity (Wildman–Crippen MR) is 98.3 cm³/mol. The van der Waals surface area contributed by atoms with E-state index in [4.69, 9.17) is 11.6 Å². The molecule has 0 atom stereocenters. The van der Waals surface area contributed by atoms with Crippen LogP contribution >= 0.6 is 11.6 Å². The number of alkyl halides is 3. The van der Waals surface area contributed by atoms with E-state index in [1.54, 1.807) is 37.4 Å². The highest BCUT2D eigenvalue weighted by Crippen LogP contribution is 2.34. The molecule has 0 radical (unpaired) electrons. The molecule has 27 heavy (non-hydrogen) atoms. The van der Waals surface area contributed by atoms with Gasteiger partial charge in [-0.3, -0.25) is 9.20 Å². The van der Waals surface area contributed by atoms with E-state index < -0.39 is 11.9 Å². The van der Waals surface area contributed by atoms with Crippen molar-refractivity contribution in [1.82, 2.24) is 14.4 Å². The molecule has 0 fully saturated rings. The second kappa shape index (κ2) is 6.02. The minimum Gasteiger partial charge on any atom is -0.385 e. The average Bonchev–Trinajstić information content (AvgIpc) is 3.09. The third-order valence-electron chi connectivity index (χ3n) is 4.32. The van der Waals surface area contributed by atoms with E-state index >= 15 is 0 Å². The van der Waals surface area contributed by atoms with Crippen molar-refractivity contribution in [3.05, 3.63) is 63.8 Å². The molecule has 0 unspecified atom stereocenters. The van der Waals surface area contributed by atoms with E-state index in [1.807, 2.05) is 0 Å². The minimum atomic E-state index is -4.56. The number of halogens is 4. The molecule has 3 aromatic heterocycles. The summed E-state index contributed by atoms with van der Waals surface area (Å²) < 4.78 is 40.8. The molecule has 0 saturated carbocycles. The number of nitrogens with one attached hydrogen (secondary N) is 2. The highest BCUT2D eigenvalue weighted by Gasteiger charge is 2.34. The fourth-order valence-corrected chi connectivity index (χ4v) is 3.23. The van der Waals surface area contributed by atoms with Crippen LogP contribution < -0.4 is 10.9 Å². The maximum absolute atomic E-state index is 13.1. The molecule has 138 valence electrons. The molecule has 4 rings (SSSR count). The van der Waals surface area contributed by atoms with Crippen molar-refractivity contribution >= 4 is 33.7 Å². The Kier molecular flexibility index (Phi) is 3.88. The molecule has 0 aliphatic heterocycles. The number of rotatable bonds is 2. The number of H-pyrrole nitrogens is 1. The number of benzene rings is 1. The van der Waals surface area contributed by atoms with Crippen LogP contribution in [-0.2, 0) is 6.18 Å². The van der Waals surface area contributed by atoms with Gasteiger partial charge in [0, 0.05) is 30.2 Å². The lowest BCUT2D eigenvalue weighted by Gasteiger charge is -2.10. The zero-order valence-corrected chi connectivity index (χ0v) is 14.6. The Morgan fingerprint density at radius 3 is 2.67 bits per heavy atom. The van der Waals surface area contributed by atoms with Gasteiger partial charge in [0.05, 0.1) is 16.4 Å². The Bertz CT molecular complexity index is 1240. The number of aromatic amines is 1. The zero-order chi connectivity index (χ0) is 19.3. The van der Waals surface area contributed by atoms with Gasteiger partial charge in [0.2, 0.25) is 0 Å². The van der Waals surface area contributed by atoms with Crippen LogP contribution in [0.3, 0.4) is 0 Å². The lowest BCUT2D eigenvalue weighted by molar-refractivity contribution is -0.140. The summed E-state index contributed by atoms with van der Waals surface area (Å²) in [5.74, 6) is 0. The lowest BCUT2D eigenvalue weighted by Crippen LogP contribution is -2.05. The monoisotopic (exact) mass is 392 g/mol. The fourth-order valence-electron chi connectivity index (χ4n) is 3.02. The van der Waals surface area contributed by atoms with E-state index in [2.05, 4.69) is 15.3 Å². The second-order valence-electron chi connectivity index (χ2n) is 5.93. The summed E-state index contributed by atoms with van der Waals surface area (Å²) in [6.07, 6.45) is -2.22. The SMILES string of the molecule is CNc1ccc(-c2ccc3c(=O)[nH]cc(Cl)c3c2)n2cc(C(F)(F)F)nc12. The Balaban J connectivity index is 2.02. The molecule has 3 heterocycles. The standard InChI is InChI=1S/C18H12ClF3N4O/c1-23-13-4-5-14(26-8-15(18(20,21)22)25-16(13)26)9-2-3-10-11(6-9)12(19)7-24-17(10)27/h2-8,23H,1H3,(H,24,27). The zero-order valence-electron chi connectivity index (χ0n) is 13.9. The summed E-state index contributed by atoms with van der Waals surface area (Å²) in [5, 5.41) is 4.10. The van der Waals surface area contributed by atoms with Gasteiger partial charge >= 0.3 is 6.18 Å². The van der Waals surface area contributed by atoms with Gasteiger partial charge in [0.25, 0.3) is 5.56 Å². The molecule has 2 N–H and O–H groups in total. The van der Waals surface area contributed by atoms with E-state index in [1.165, 1.54) is 10.6 Å². The molecule has 9 heteroatoms. The first-order chi connectivity index (χ1) is 12.8. The number of pyridine rings is 2. The molecular weight excluding hydrogens is 381 g/mol. The van der Waals surface area contributed by atoms with E-state index in [9.17, 15) is 18.0 Å². The van der Waals surface area contributed by atoms with Gasteiger partial charge in [-0.25, -0.2) is 4.98 Å². The lowest BCUT2D eigenvalue weighted by atomic mass is 10.1. The van der Waals surface area contributed by atoms with Crippen molar-refractivity contribution < 1.29 is 13.2 Å². The normalized spacial score (nSPS) is 12.0. The third-order valence-corrected chi connectivity index (χ3v) is 4.63. The Morgan fingerprint density at radius 1 is 1.19 bits per heavy atom. The van der Waals surface area contributed by atoms with Gasteiger partial charge in [-0.1, -0.05) is 17.7 Å². The molecule has 0 bridgehead atoms. The van der Waals surface area contributed by atoms with Gasteiger partial charge < -0.3 is 10.3 Å². The molecule has 4 aromatic rings. The van der Waals surface area contributed by atoms with Gasteiger partial charge in [0.15, 0.2) is 11.3 Å². The number of hydrogen-bond acceptors (Lipinski definition) is 3. The number of hydrogen-bond donors (Lipinski definition) is 2. The highest BCUT2D eigenvalue weighted by molar-refractivity contribution is 6.35. The number of imidazole rings is 1. The third kappa shape index (κ3) is 2.82. The highest BCUT2D eigenvalue weighted by atomic mass is 35.5. The van der Waals surface area contributed by atoms with Crippen molar-refractivity contribution in [2.24, 2.45) is 0 Å². The van der Waals surface area contributed by atoms with Gasteiger partial charge in [-0.05, 0) is 29.8 Å². The van der Waals surface area contributed by atoms with Crippen molar-refractivity contribution in [2.75, 3.05) is 12.4 Å². The first kappa shape index (κ1) is 17.4. The average molecular weight is 393 g/mol. The van der Waals surface area contributed by atoms with Crippen LogP contribution in [0.2, 0.25) is 5.02 Å². The number of aromatic nitrogens is 3. The first-order valence-corrected chi connectivity index (χ1v) is 8.26. The summed E-state index contributed by atoms with van der Waals surface area (Å²) in [5.41, 5.74) is 0.434. The molecule has 0 saturated heterocycles. The summed E-state index contributed by atoms with van der Waals surface area (Å²) in [7, 11) is 1.61. The van der Waals surface area contributed by atoms with Crippen molar-refractivity contribution in [1.29, 1.82) is 0 Å². The van der Waals surface area contributed by atoms with Gasteiger partial charge in [-0.15, -0.1) is 0 Å². The maximum atomic E-state index is 13.1. The van der Waals surface area contributed by atoms with Crippen LogP contribution in [0, 0.1) is 0 Å². The van der Waals surface area contributed by atoms with Crippen LogP contribution in [0.5, 0.6) is 0 Å². The van der Waals surface area contributed by atoms with Crippen LogP contribution in [0.1, 0.15) is 5.69 Å². The Morgan fingerprint density at radius 2 is 1.96 bits per heavy atom. The molecular formula is C18H12ClF3N4O. The van der Waals surface area contributed by atoms with Gasteiger partial charge in [-0.2, -0.15) is 13.2 Å². The number of fused-ring (bicyclic) bond motifs is 2. The van der Waals surface area contributed by atoms with Crippen molar-refractivity contribution in [3.63, 3.8) is 0 Å². The van der Waals surface area contributed by atoms with E-state index in [0.29, 0.717) is 32.7 Å². The first-order valence-electron chi connectivity index (χ1n) is 7.88. The number of anilines is 1. The summed E-state index contributed by atoms with van der Waals surface area (Å²) in [6, 6.07) is 8.27. The molecule has 0 aliphatic carbocycles. The molecule has 0 spiro atoms. The van der Waals surface area contributed by atoms with E-state index in [-0.39, 0.29) is 11.2 Å². The maximum Gasteiger partial charge on any atom is 0.434 e. The topological polar surface area (TPSA) is 62.2 Å². The molecule has 0 amide bonds. The fraction of sp³-hybridized carbons (Fsp3) is 0.111. The minimum absolute atomic E-state index is 0.152. The summed E-state index contributed by atoms with van der Waals surface area (Å²) >= 11 is 6.17. The van der Waals surface area contributed by atoms with Gasteiger partial charge in [0.1, 0.15) is 0 Å². The quantitative estimate of drug-likeness (QED) is 0.526. The molecule has 0 aliphatic rings. The second-order valence-corrected chi connectivity index (χ2v) is 6.33. The van der Waals surface area contributed by atoms with Crippen LogP contribution in [0.15, 0.2) is 47.5 Å². The Labute approximate surface area is 155 Å².